The second kappa shape index (κ2) is 4.99. The molecule has 2 rings (SSSR count). The standard InChI is InChI=1S/C11H12ClN3O/c12-7-11(16)13-6-5-10-14-8-3-1-2-4-9(8)15-10/h1-4H,5-7H2,(H,13,16)(H,14,15). The van der Waals surface area contributed by atoms with Crippen LogP contribution in [-0.2, 0) is 11.2 Å². The van der Waals surface area contributed by atoms with Crippen LogP contribution >= 0.6 is 11.6 Å². The molecule has 84 valence electrons. The van der Waals surface area contributed by atoms with Crippen molar-refractivity contribution in [2.75, 3.05) is 12.4 Å². The molecule has 1 amide bonds. The van der Waals surface area contributed by atoms with Gasteiger partial charge in [0.15, 0.2) is 0 Å². The summed E-state index contributed by atoms with van der Waals surface area (Å²) in [5, 5.41) is 2.69. The van der Waals surface area contributed by atoms with E-state index < -0.39 is 0 Å². The van der Waals surface area contributed by atoms with Gasteiger partial charge in [0.1, 0.15) is 11.7 Å². The summed E-state index contributed by atoms with van der Waals surface area (Å²) in [6, 6.07) is 7.83. The molecule has 0 unspecified atom stereocenters. The van der Waals surface area contributed by atoms with E-state index >= 15 is 0 Å². The van der Waals surface area contributed by atoms with Crippen LogP contribution in [0.4, 0.5) is 0 Å². The number of para-hydroxylation sites is 2. The number of nitrogens with zero attached hydrogens (tertiary/aromatic N) is 1. The third-order valence-corrected chi connectivity index (χ3v) is 2.49. The van der Waals surface area contributed by atoms with Gasteiger partial charge in [-0.3, -0.25) is 4.79 Å². The Kier molecular flexibility index (Phi) is 3.41. The molecule has 0 saturated heterocycles. The first-order valence-corrected chi connectivity index (χ1v) is 5.59. The van der Waals surface area contributed by atoms with E-state index in [0.717, 1.165) is 16.9 Å². The van der Waals surface area contributed by atoms with Crippen molar-refractivity contribution < 1.29 is 4.79 Å². The van der Waals surface area contributed by atoms with Crippen LogP contribution in [0, 0.1) is 0 Å². The molecule has 0 saturated carbocycles. The highest BCUT2D eigenvalue weighted by atomic mass is 35.5. The van der Waals surface area contributed by atoms with Crippen molar-refractivity contribution in [1.82, 2.24) is 15.3 Å². The fourth-order valence-corrected chi connectivity index (χ4v) is 1.59. The summed E-state index contributed by atoms with van der Waals surface area (Å²) in [7, 11) is 0. The molecule has 2 N–H and O–H groups in total. The van der Waals surface area contributed by atoms with E-state index in [1.54, 1.807) is 0 Å². The smallest absolute Gasteiger partial charge is 0.234 e. The minimum absolute atomic E-state index is 0.000129. The van der Waals surface area contributed by atoms with Gasteiger partial charge in [-0.2, -0.15) is 0 Å². The van der Waals surface area contributed by atoms with Crippen molar-refractivity contribution in [3.63, 3.8) is 0 Å². The minimum Gasteiger partial charge on any atom is -0.355 e. The largest absolute Gasteiger partial charge is 0.355 e. The topological polar surface area (TPSA) is 57.8 Å². The van der Waals surface area contributed by atoms with Gasteiger partial charge in [0.05, 0.1) is 11.0 Å². The first-order valence-electron chi connectivity index (χ1n) is 5.06. The lowest BCUT2D eigenvalue weighted by Gasteiger charge is -1.99. The van der Waals surface area contributed by atoms with E-state index in [9.17, 15) is 4.79 Å². The number of imidazole rings is 1. The van der Waals surface area contributed by atoms with Gasteiger partial charge >= 0.3 is 0 Å². The molecule has 4 nitrogen and oxygen atoms in total. The number of aromatic nitrogens is 2. The van der Waals surface area contributed by atoms with Crippen LogP contribution < -0.4 is 5.32 Å². The number of fused-ring (bicyclic) bond motifs is 1. The third kappa shape index (κ3) is 2.52. The van der Waals surface area contributed by atoms with Gasteiger partial charge in [0.25, 0.3) is 0 Å². The SMILES string of the molecule is O=C(CCl)NCCc1nc2ccccc2[nH]1. The maximum atomic E-state index is 10.9. The number of carbonyl (C=O) groups excluding carboxylic acids is 1. The van der Waals surface area contributed by atoms with Gasteiger partial charge in [0.2, 0.25) is 5.91 Å². The number of H-pyrrole nitrogens is 1. The molecule has 0 fully saturated rings. The van der Waals surface area contributed by atoms with Gasteiger partial charge < -0.3 is 10.3 Å². The quantitative estimate of drug-likeness (QED) is 0.791. The average molecular weight is 238 g/mol. The Labute approximate surface area is 98.0 Å². The van der Waals surface area contributed by atoms with Crippen molar-refractivity contribution in [1.29, 1.82) is 0 Å². The lowest BCUT2D eigenvalue weighted by Crippen LogP contribution is -2.26. The lowest BCUT2D eigenvalue weighted by atomic mass is 10.3. The van der Waals surface area contributed by atoms with Gasteiger partial charge in [-0.05, 0) is 12.1 Å². The van der Waals surface area contributed by atoms with Crippen LogP contribution in [0.3, 0.4) is 0 Å². The molecule has 0 bridgehead atoms. The highest BCUT2D eigenvalue weighted by Gasteiger charge is 2.02. The van der Waals surface area contributed by atoms with Crippen LogP contribution in [0.5, 0.6) is 0 Å². The van der Waals surface area contributed by atoms with E-state index in [1.165, 1.54) is 0 Å². The fraction of sp³-hybridized carbons (Fsp3) is 0.273. The number of benzene rings is 1. The number of halogens is 1. The molecular formula is C11H12ClN3O. The predicted molar refractivity (Wildman–Crippen MR) is 63.5 cm³/mol. The van der Waals surface area contributed by atoms with Crippen molar-refractivity contribution in [3.05, 3.63) is 30.1 Å². The Bertz CT molecular complexity index is 462. The maximum absolute atomic E-state index is 10.9. The monoisotopic (exact) mass is 237 g/mol. The Morgan fingerprint density at radius 2 is 2.25 bits per heavy atom. The average Bonchev–Trinajstić information content (AvgIpc) is 2.71. The van der Waals surface area contributed by atoms with Crippen molar-refractivity contribution >= 4 is 28.5 Å². The van der Waals surface area contributed by atoms with Crippen molar-refractivity contribution in [2.45, 2.75) is 6.42 Å². The van der Waals surface area contributed by atoms with Crippen LogP contribution in [0.15, 0.2) is 24.3 Å². The zero-order valence-electron chi connectivity index (χ0n) is 8.66. The zero-order chi connectivity index (χ0) is 11.4. The van der Waals surface area contributed by atoms with E-state index in [0.29, 0.717) is 13.0 Å². The van der Waals surface area contributed by atoms with Crippen molar-refractivity contribution in [2.24, 2.45) is 0 Å². The van der Waals surface area contributed by atoms with Gasteiger partial charge in [-0.1, -0.05) is 12.1 Å². The summed E-state index contributed by atoms with van der Waals surface area (Å²) in [5.74, 6) is 0.717. The minimum atomic E-state index is -0.155. The molecule has 1 aromatic heterocycles. The molecule has 1 heterocycles. The second-order valence-electron chi connectivity index (χ2n) is 3.43. The summed E-state index contributed by atoms with van der Waals surface area (Å²) < 4.78 is 0. The molecule has 16 heavy (non-hydrogen) atoms. The fourth-order valence-electron chi connectivity index (χ4n) is 1.49. The molecule has 5 heteroatoms. The molecule has 0 aliphatic rings. The van der Waals surface area contributed by atoms with E-state index in [2.05, 4.69) is 15.3 Å². The van der Waals surface area contributed by atoms with Crippen LogP contribution in [-0.4, -0.2) is 28.3 Å². The van der Waals surface area contributed by atoms with Crippen LogP contribution in [0.25, 0.3) is 11.0 Å². The molecule has 1 aromatic carbocycles. The molecule has 0 aliphatic carbocycles. The number of alkyl halides is 1. The van der Waals surface area contributed by atoms with Crippen molar-refractivity contribution in [3.8, 4) is 0 Å². The summed E-state index contributed by atoms with van der Waals surface area (Å²) in [5.41, 5.74) is 1.96. The normalized spacial score (nSPS) is 10.6. The van der Waals surface area contributed by atoms with Gasteiger partial charge in [-0.25, -0.2) is 4.98 Å². The molecule has 0 radical (unpaired) electrons. The number of amides is 1. The first-order chi connectivity index (χ1) is 7.79. The third-order valence-electron chi connectivity index (χ3n) is 2.24. The van der Waals surface area contributed by atoms with E-state index in [4.69, 9.17) is 11.6 Å². The molecule has 0 atom stereocenters. The number of nitrogens with one attached hydrogen (secondary N) is 2. The predicted octanol–water partition coefficient (Wildman–Crippen LogP) is 1.46. The van der Waals surface area contributed by atoms with Gasteiger partial charge in [0, 0.05) is 13.0 Å². The number of aromatic amines is 1. The Morgan fingerprint density at radius 3 is 3.00 bits per heavy atom. The molecule has 0 aliphatic heterocycles. The summed E-state index contributed by atoms with van der Waals surface area (Å²) in [6.07, 6.45) is 0.678. The highest BCUT2D eigenvalue weighted by Crippen LogP contribution is 2.10. The number of hydrogen-bond acceptors (Lipinski definition) is 2. The number of carbonyl (C=O) groups is 1. The Morgan fingerprint density at radius 1 is 1.44 bits per heavy atom. The molecule has 2 aromatic rings. The first kappa shape index (κ1) is 11.0. The maximum Gasteiger partial charge on any atom is 0.234 e. The number of rotatable bonds is 4. The van der Waals surface area contributed by atoms with E-state index in [1.807, 2.05) is 24.3 Å². The van der Waals surface area contributed by atoms with Gasteiger partial charge in [-0.15, -0.1) is 11.6 Å². The highest BCUT2D eigenvalue weighted by molar-refractivity contribution is 6.27. The van der Waals surface area contributed by atoms with E-state index in [-0.39, 0.29) is 11.8 Å². The summed E-state index contributed by atoms with van der Waals surface area (Å²) in [6.45, 7) is 0.547. The Balaban J connectivity index is 1.97. The number of hydrogen-bond donors (Lipinski definition) is 2. The Hall–Kier alpha value is -1.55. The van der Waals surface area contributed by atoms with Crippen LogP contribution in [0.2, 0.25) is 0 Å². The summed E-state index contributed by atoms with van der Waals surface area (Å²) in [4.78, 5) is 18.5. The van der Waals surface area contributed by atoms with Crippen LogP contribution in [0.1, 0.15) is 5.82 Å². The zero-order valence-corrected chi connectivity index (χ0v) is 9.42. The second-order valence-corrected chi connectivity index (χ2v) is 3.70. The molecular weight excluding hydrogens is 226 g/mol. The molecule has 0 spiro atoms. The lowest BCUT2D eigenvalue weighted by molar-refractivity contribution is -0.118. The summed E-state index contributed by atoms with van der Waals surface area (Å²) >= 11 is 5.36.